The molecule has 2 heterocycles. The van der Waals surface area contributed by atoms with Crippen molar-refractivity contribution in [3.8, 4) is 35.1 Å². The van der Waals surface area contributed by atoms with Gasteiger partial charge >= 0.3 is 0 Å². The number of thiol groups is 1. The van der Waals surface area contributed by atoms with Gasteiger partial charge in [-0.05, 0) is 35.9 Å². The lowest BCUT2D eigenvalue weighted by molar-refractivity contribution is 0.432. The fourth-order valence-electron chi connectivity index (χ4n) is 2.01. The van der Waals surface area contributed by atoms with Crippen molar-refractivity contribution in [1.29, 1.82) is 10.5 Å². The van der Waals surface area contributed by atoms with E-state index in [-0.39, 0.29) is 0 Å². The molecule has 6 nitrogen and oxygen atoms in total. The molecule has 0 unspecified atom stereocenters. The standard InChI is InChI=1S/C16H9N5OS/c17-6-10-1-2-14(19-8-10)15-20-16(22-21-15)13-4-11(7-18)3-12(5-13)9-23/h1-5,8,23H,9H2. The summed E-state index contributed by atoms with van der Waals surface area (Å²) in [5.41, 5.74) is 3.00. The van der Waals surface area contributed by atoms with Crippen LogP contribution in [0.25, 0.3) is 23.0 Å². The third-order valence-corrected chi connectivity index (χ3v) is 3.46. The quantitative estimate of drug-likeness (QED) is 0.745. The smallest absolute Gasteiger partial charge is 0.258 e. The molecule has 0 spiro atoms. The first-order valence-corrected chi connectivity index (χ1v) is 7.22. The maximum absolute atomic E-state index is 9.08. The van der Waals surface area contributed by atoms with Crippen LogP contribution in [0.3, 0.4) is 0 Å². The van der Waals surface area contributed by atoms with Gasteiger partial charge in [0.05, 0.1) is 17.2 Å². The van der Waals surface area contributed by atoms with Gasteiger partial charge < -0.3 is 4.52 Å². The number of nitrogens with zero attached hydrogens (tertiary/aromatic N) is 5. The number of hydrogen-bond donors (Lipinski definition) is 1. The average molecular weight is 319 g/mol. The number of nitriles is 2. The Morgan fingerprint density at radius 3 is 2.57 bits per heavy atom. The lowest BCUT2D eigenvalue weighted by Gasteiger charge is -2.00. The van der Waals surface area contributed by atoms with Gasteiger partial charge in [-0.1, -0.05) is 5.16 Å². The highest BCUT2D eigenvalue weighted by Gasteiger charge is 2.13. The van der Waals surface area contributed by atoms with Crippen molar-refractivity contribution in [3.63, 3.8) is 0 Å². The van der Waals surface area contributed by atoms with Gasteiger partial charge in [0.15, 0.2) is 0 Å². The van der Waals surface area contributed by atoms with E-state index in [0.29, 0.717) is 39.9 Å². The molecule has 0 atom stereocenters. The molecular weight excluding hydrogens is 310 g/mol. The Morgan fingerprint density at radius 2 is 1.91 bits per heavy atom. The van der Waals surface area contributed by atoms with Gasteiger partial charge in [0.25, 0.3) is 5.89 Å². The Balaban J connectivity index is 1.98. The molecule has 23 heavy (non-hydrogen) atoms. The van der Waals surface area contributed by atoms with E-state index in [4.69, 9.17) is 15.0 Å². The summed E-state index contributed by atoms with van der Waals surface area (Å²) in [7, 11) is 0. The first-order valence-electron chi connectivity index (χ1n) is 6.59. The molecule has 0 aliphatic rings. The molecule has 3 aromatic rings. The third-order valence-electron chi connectivity index (χ3n) is 3.10. The zero-order chi connectivity index (χ0) is 16.2. The van der Waals surface area contributed by atoms with E-state index in [0.717, 1.165) is 5.56 Å². The molecule has 7 heteroatoms. The summed E-state index contributed by atoms with van der Waals surface area (Å²) in [6, 6.07) is 12.7. The van der Waals surface area contributed by atoms with Crippen molar-refractivity contribution in [3.05, 3.63) is 53.2 Å². The minimum Gasteiger partial charge on any atom is -0.334 e. The first-order chi connectivity index (χ1) is 11.2. The van der Waals surface area contributed by atoms with Gasteiger partial charge in [0.1, 0.15) is 11.8 Å². The van der Waals surface area contributed by atoms with Gasteiger partial charge in [-0.2, -0.15) is 28.1 Å². The van der Waals surface area contributed by atoms with E-state index >= 15 is 0 Å². The van der Waals surface area contributed by atoms with Crippen LogP contribution < -0.4 is 0 Å². The molecule has 0 fully saturated rings. The van der Waals surface area contributed by atoms with Crippen LogP contribution in [-0.2, 0) is 5.75 Å². The van der Waals surface area contributed by atoms with Crippen molar-refractivity contribution in [2.24, 2.45) is 0 Å². The second-order valence-electron chi connectivity index (χ2n) is 4.66. The third kappa shape index (κ3) is 3.05. The maximum atomic E-state index is 9.08. The van der Waals surface area contributed by atoms with Gasteiger partial charge in [-0.25, -0.2) is 0 Å². The van der Waals surface area contributed by atoms with Gasteiger partial charge in [-0.3, -0.25) is 4.98 Å². The van der Waals surface area contributed by atoms with E-state index in [2.05, 4.69) is 33.8 Å². The molecular formula is C16H9N5OS. The van der Waals surface area contributed by atoms with E-state index in [9.17, 15) is 0 Å². The van der Waals surface area contributed by atoms with Crippen molar-refractivity contribution < 1.29 is 4.52 Å². The highest BCUT2D eigenvalue weighted by atomic mass is 32.1. The fraction of sp³-hybridized carbons (Fsp3) is 0.0625. The van der Waals surface area contributed by atoms with Crippen LogP contribution in [0, 0.1) is 22.7 Å². The SMILES string of the molecule is N#Cc1ccc(-c2noc(-c3cc(C#N)cc(CS)c3)n2)nc1. The van der Waals surface area contributed by atoms with Crippen molar-refractivity contribution in [2.45, 2.75) is 5.75 Å². The molecule has 0 radical (unpaired) electrons. The highest BCUT2D eigenvalue weighted by molar-refractivity contribution is 7.79. The van der Waals surface area contributed by atoms with E-state index in [1.807, 2.05) is 12.1 Å². The monoisotopic (exact) mass is 319 g/mol. The van der Waals surface area contributed by atoms with Crippen LogP contribution in [0.5, 0.6) is 0 Å². The summed E-state index contributed by atoms with van der Waals surface area (Å²) in [6.07, 6.45) is 1.45. The Morgan fingerprint density at radius 1 is 1.09 bits per heavy atom. The fourth-order valence-corrected chi connectivity index (χ4v) is 2.19. The van der Waals surface area contributed by atoms with Crippen LogP contribution in [0.2, 0.25) is 0 Å². The van der Waals surface area contributed by atoms with E-state index < -0.39 is 0 Å². The number of benzene rings is 1. The Hall–Kier alpha value is -3.16. The van der Waals surface area contributed by atoms with Crippen LogP contribution >= 0.6 is 12.6 Å². The lowest BCUT2D eigenvalue weighted by atomic mass is 10.1. The van der Waals surface area contributed by atoms with Crippen LogP contribution in [0.15, 0.2) is 41.1 Å². The predicted octanol–water partition coefficient (Wildman–Crippen LogP) is 2.97. The van der Waals surface area contributed by atoms with Gasteiger partial charge in [-0.15, -0.1) is 0 Å². The topological polar surface area (TPSA) is 99.4 Å². The molecule has 0 bridgehead atoms. The van der Waals surface area contributed by atoms with Crippen molar-refractivity contribution in [1.82, 2.24) is 15.1 Å². The first kappa shape index (κ1) is 14.8. The largest absolute Gasteiger partial charge is 0.334 e. The zero-order valence-corrected chi connectivity index (χ0v) is 12.7. The van der Waals surface area contributed by atoms with Crippen molar-refractivity contribution in [2.75, 3.05) is 0 Å². The number of aromatic nitrogens is 3. The summed E-state index contributed by atoms with van der Waals surface area (Å²) in [4.78, 5) is 8.42. The Kier molecular flexibility index (Phi) is 4.05. The molecule has 0 aliphatic carbocycles. The number of rotatable bonds is 3. The molecule has 0 aliphatic heterocycles. The summed E-state index contributed by atoms with van der Waals surface area (Å²) < 4.78 is 5.26. The second-order valence-corrected chi connectivity index (χ2v) is 4.97. The van der Waals surface area contributed by atoms with Gasteiger partial charge in [0, 0.05) is 17.5 Å². The summed E-state index contributed by atoms with van der Waals surface area (Å²) in [5, 5.41) is 21.8. The van der Waals surface area contributed by atoms with E-state index in [1.54, 1.807) is 24.3 Å². The summed E-state index contributed by atoms with van der Waals surface area (Å²) in [5.74, 6) is 1.12. The molecule has 0 saturated heterocycles. The maximum Gasteiger partial charge on any atom is 0.258 e. The lowest BCUT2D eigenvalue weighted by Crippen LogP contribution is -1.88. The average Bonchev–Trinajstić information content (AvgIpc) is 3.11. The molecule has 0 N–H and O–H groups in total. The Bertz CT molecular complexity index is 934. The second kappa shape index (κ2) is 6.30. The summed E-state index contributed by atoms with van der Waals surface area (Å²) >= 11 is 4.22. The molecule has 0 amide bonds. The van der Waals surface area contributed by atoms with Crippen LogP contribution in [0.1, 0.15) is 16.7 Å². The highest BCUT2D eigenvalue weighted by Crippen LogP contribution is 2.24. The van der Waals surface area contributed by atoms with Crippen LogP contribution in [0.4, 0.5) is 0 Å². The van der Waals surface area contributed by atoms with Gasteiger partial charge in [0.2, 0.25) is 5.82 Å². The number of hydrogen-bond acceptors (Lipinski definition) is 7. The minimum absolute atomic E-state index is 0.297. The predicted molar refractivity (Wildman–Crippen MR) is 85.1 cm³/mol. The van der Waals surface area contributed by atoms with Crippen LogP contribution in [-0.4, -0.2) is 15.1 Å². The van der Waals surface area contributed by atoms with E-state index in [1.165, 1.54) is 6.20 Å². The normalized spacial score (nSPS) is 10.0. The number of pyridine rings is 1. The molecule has 3 rings (SSSR count). The zero-order valence-electron chi connectivity index (χ0n) is 11.8. The van der Waals surface area contributed by atoms with Crippen molar-refractivity contribution >= 4 is 12.6 Å². The summed E-state index contributed by atoms with van der Waals surface area (Å²) in [6.45, 7) is 0. The molecule has 0 saturated carbocycles. The minimum atomic E-state index is 0.297. The molecule has 110 valence electrons. The molecule has 1 aromatic carbocycles. The molecule has 2 aromatic heterocycles. The Labute approximate surface area is 137 Å².